The van der Waals surface area contributed by atoms with Crippen molar-refractivity contribution < 1.29 is 18.7 Å². The zero-order valence-corrected chi connectivity index (χ0v) is 12.8. The van der Waals surface area contributed by atoms with Crippen molar-refractivity contribution >= 4 is 11.8 Å². The van der Waals surface area contributed by atoms with Gasteiger partial charge < -0.3 is 4.74 Å². The van der Waals surface area contributed by atoms with Crippen LogP contribution in [0.15, 0.2) is 48.5 Å². The fourth-order valence-corrected chi connectivity index (χ4v) is 1.84. The minimum atomic E-state index is -0.787. The molecule has 2 amide bonds. The van der Waals surface area contributed by atoms with Crippen LogP contribution in [-0.2, 0) is 4.79 Å². The molecule has 2 aromatic carbocycles. The number of carbonyl (C=O) groups is 2. The third-order valence-electron chi connectivity index (χ3n) is 3.08. The van der Waals surface area contributed by atoms with Crippen molar-refractivity contribution in [1.29, 1.82) is 0 Å². The Morgan fingerprint density at radius 2 is 1.78 bits per heavy atom. The van der Waals surface area contributed by atoms with Crippen LogP contribution in [-0.4, -0.2) is 17.9 Å². The minimum Gasteiger partial charge on any atom is -0.481 e. The second kappa shape index (κ2) is 7.40. The standard InChI is InChI=1S/C17H17FN2O3/c1-11-4-3-5-15(10-11)23-12(2)16(21)19-20-17(22)13-6-8-14(18)9-7-13/h3-10,12H,1-2H3,(H,19,21)(H,20,22)/t12-/m1/s1. The highest BCUT2D eigenvalue weighted by molar-refractivity contribution is 5.95. The first kappa shape index (κ1) is 16.5. The first-order chi connectivity index (χ1) is 11.0. The molecule has 120 valence electrons. The topological polar surface area (TPSA) is 67.4 Å². The molecule has 0 saturated carbocycles. The number of hydrogen-bond donors (Lipinski definition) is 2. The molecule has 0 aliphatic heterocycles. The number of nitrogens with one attached hydrogen (secondary N) is 2. The zero-order valence-electron chi connectivity index (χ0n) is 12.8. The third kappa shape index (κ3) is 4.81. The van der Waals surface area contributed by atoms with Crippen LogP contribution < -0.4 is 15.6 Å². The first-order valence-corrected chi connectivity index (χ1v) is 7.05. The van der Waals surface area contributed by atoms with E-state index in [-0.39, 0.29) is 5.56 Å². The van der Waals surface area contributed by atoms with E-state index < -0.39 is 23.7 Å². The van der Waals surface area contributed by atoms with Crippen LogP contribution in [0.4, 0.5) is 4.39 Å². The lowest BCUT2D eigenvalue weighted by Gasteiger charge is -2.15. The van der Waals surface area contributed by atoms with E-state index in [2.05, 4.69) is 10.9 Å². The maximum absolute atomic E-state index is 12.8. The Morgan fingerprint density at radius 3 is 2.43 bits per heavy atom. The van der Waals surface area contributed by atoms with Crippen LogP contribution in [0, 0.1) is 12.7 Å². The van der Waals surface area contributed by atoms with E-state index in [0.29, 0.717) is 5.75 Å². The maximum atomic E-state index is 12.8. The summed E-state index contributed by atoms with van der Waals surface area (Å²) < 4.78 is 18.3. The van der Waals surface area contributed by atoms with Gasteiger partial charge in [-0.05, 0) is 55.8 Å². The SMILES string of the molecule is Cc1cccc(O[C@H](C)C(=O)NNC(=O)c2ccc(F)cc2)c1. The summed E-state index contributed by atoms with van der Waals surface area (Å²) >= 11 is 0. The van der Waals surface area contributed by atoms with Crippen molar-refractivity contribution in [1.82, 2.24) is 10.9 Å². The highest BCUT2D eigenvalue weighted by Crippen LogP contribution is 2.14. The van der Waals surface area contributed by atoms with Gasteiger partial charge in [0, 0.05) is 5.56 Å². The molecule has 0 unspecified atom stereocenters. The van der Waals surface area contributed by atoms with Crippen molar-refractivity contribution in [3.05, 3.63) is 65.5 Å². The van der Waals surface area contributed by atoms with Gasteiger partial charge in [-0.1, -0.05) is 12.1 Å². The fourth-order valence-electron chi connectivity index (χ4n) is 1.84. The number of carbonyl (C=O) groups excluding carboxylic acids is 2. The number of amides is 2. The van der Waals surface area contributed by atoms with Crippen molar-refractivity contribution in [3.63, 3.8) is 0 Å². The summed E-state index contributed by atoms with van der Waals surface area (Å²) in [6, 6.07) is 12.3. The van der Waals surface area contributed by atoms with Gasteiger partial charge in [-0.3, -0.25) is 20.4 Å². The molecule has 0 aliphatic carbocycles. The molecule has 0 saturated heterocycles. The molecule has 23 heavy (non-hydrogen) atoms. The minimum absolute atomic E-state index is 0.235. The van der Waals surface area contributed by atoms with E-state index >= 15 is 0 Å². The quantitative estimate of drug-likeness (QED) is 0.851. The Balaban J connectivity index is 1.86. The molecule has 2 aromatic rings. The van der Waals surface area contributed by atoms with Gasteiger partial charge in [0.25, 0.3) is 11.8 Å². The third-order valence-corrected chi connectivity index (χ3v) is 3.08. The number of hydrogen-bond acceptors (Lipinski definition) is 3. The normalized spacial score (nSPS) is 11.4. The Hall–Kier alpha value is -2.89. The Kier molecular flexibility index (Phi) is 5.30. The number of ether oxygens (including phenoxy) is 1. The summed E-state index contributed by atoms with van der Waals surface area (Å²) in [5, 5.41) is 0. The van der Waals surface area contributed by atoms with Crippen molar-refractivity contribution in [2.75, 3.05) is 0 Å². The summed E-state index contributed by atoms with van der Waals surface area (Å²) in [4.78, 5) is 23.7. The van der Waals surface area contributed by atoms with E-state index in [1.54, 1.807) is 19.1 Å². The number of hydrazine groups is 1. The average molecular weight is 316 g/mol. The van der Waals surface area contributed by atoms with Crippen LogP contribution in [0.3, 0.4) is 0 Å². The molecule has 0 heterocycles. The lowest BCUT2D eigenvalue weighted by Crippen LogP contribution is -2.47. The first-order valence-electron chi connectivity index (χ1n) is 7.05. The maximum Gasteiger partial charge on any atom is 0.279 e. The molecule has 6 heteroatoms. The molecule has 0 aromatic heterocycles. The van der Waals surface area contributed by atoms with Gasteiger partial charge >= 0.3 is 0 Å². The second-order valence-electron chi connectivity index (χ2n) is 5.03. The number of benzene rings is 2. The van der Waals surface area contributed by atoms with Crippen LogP contribution >= 0.6 is 0 Å². The summed E-state index contributed by atoms with van der Waals surface area (Å²) in [7, 11) is 0. The lowest BCUT2D eigenvalue weighted by molar-refractivity contribution is -0.128. The highest BCUT2D eigenvalue weighted by atomic mass is 19.1. The van der Waals surface area contributed by atoms with Crippen molar-refractivity contribution in [2.24, 2.45) is 0 Å². The Labute approximate surface area is 133 Å². The van der Waals surface area contributed by atoms with Crippen LogP contribution in [0.2, 0.25) is 0 Å². The van der Waals surface area contributed by atoms with Gasteiger partial charge in [-0.25, -0.2) is 4.39 Å². The van der Waals surface area contributed by atoms with Crippen molar-refractivity contribution in [2.45, 2.75) is 20.0 Å². The Bertz CT molecular complexity index is 701. The molecule has 0 bridgehead atoms. The van der Waals surface area contributed by atoms with E-state index in [9.17, 15) is 14.0 Å². The fraction of sp³-hybridized carbons (Fsp3) is 0.176. The van der Waals surface area contributed by atoms with E-state index in [4.69, 9.17) is 4.74 Å². The Morgan fingerprint density at radius 1 is 1.09 bits per heavy atom. The zero-order chi connectivity index (χ0) is 16.8. The van der Waals surface area contributed by atoms with Gasteiger partial charge in [0.1, 0.15) is 11.6 Å². The molecule has 5 nitrogen and oxygen atoms in total. The number of rotatable bonds is 4. The summed E-state index contributed by atoms with van der Waals surface area (Å²) in [6.45, 7) is 3.49. The summed E-state index contributed by atoms with van der Waals surface area (Å²) in [6.07, 6.45) is -0.787. The van der Waals surface area contributed by atoms with E-state index in [1.165, 1.54) is 24.3 Å². The van der Waals surface area contributed by atoms with Gasteiger partial charge in [-0.15, -0.1) is 0 Å². The molecule has 0 aliphatic rings. The average Bonchev–Trinajstić information content (AvgIpc) is 2.53. The van der Waals surface area contributed by atoms with Gasteiger partial charge in [0.15, 0.2) is 6.10 Å². The number of halogens is 1. The molecule has 1 atom stereocenters. The van der Waals surface area contributed by atoms with Crippen LogP contribution in [0.25, 0.3) is 0 Å². The van der Waals surface area contributed by atoms with E-state index in [1.807, 2.05) is 19.1 Å². The molecule has 0 fully saturated rings. The largest absolute Gasteiger partial charge is 0.481 e. The van der Waals surface area contributed by atoms with Gasteiger partial charge in [-0.2, -0.15) is 0 Å². The van der Waals surface area contributed by atoms with Crippen LogP contribution in [0.1, 0.15) is 22.8 Å². The molecular weight excluding hydrogens is 299 g/mol. The van der Waals surface area contributed by atoms with E-state index in [0.717, 1.165) is 5.56 Å². The van der Waals surface area contributed by atoms with Gasteiger partial charge in [0.05, 0.1) is 0 Å². The highest BCUT2D eigenvalue weighted by Gasteiger charge is 2.16. The summed E-state index contributed by atoms with van der Waals surface area (Å²) in [5.41, 5.74) is 5.78. The molecule has 2 N–H and O–H groups in total. The molecular formula is C17H17FN2O3. The number of aryl methyl sites for hydroxylation is 1. The second-order valence-corrected chi connectivity index (χ2v) is 5.03. The van der Waals surface area contributed by atoms with Gasteiger partial charge in [0.2, 0.25) is 0 Å². The smallest absolute Gasteiger partial charge is 0.279 e. The lowest BCUT2D eigenvalue weighted by atomic mass is 10.2. The molecule has 0 spiro atoms. The molecule has 0 radical (unpaired) electrons. The predicted octanol–water partition coefficient (Wildman–Crippen LogP) is 2.36. The molecule has 2 rings (SSSR count). The van der Waals surface area contributed by atoms with Crippen molar-refractivity contribution in [3.8, 4) is 5.75 Å². The predicted molar refractivity (Wildman–Crippen MR) is 83.3 cm³/mol. The summed E-state index contributed by atoms with van der Waals surface area (Å²) in [5.74, 6) is -0.911. The monoisotopic (exact) mass is 316 g/mol. The van der Waals surface area contributed by atoms with Crippen LogP contribution in [0.5, 0.6) is 5.75 Å².